The van der Waals surface area contributed by atoms with Crippen LogP contribution in [0, 0.1) is 23.2 Å². The molecule has 3 aliphatic rings. The zero-order valence-electron chi connectivity index (χ0n) is 15.2. The van der Waals surface area contributed by atoms with Gasteiger partial charge in [0.2, 0.25) is 5.91 Å². The molecular weight excluding hydrogens is 347 g/mol. The molecule has 4 atom stereocenters. The number of fused-ring (bicyclic) bond motifs is 3. The highest BCUT2D eigenvalue weighted by molar-refractivity contribution is 5.80. The molecule has 4 unspecified atom stereocenters. The maximum Gasteiger partial charge on any atom is 0.392 e. The van der Waals surface area contributed by atoms with Gasteiger partial charge in [-0.05, 0) is 32.1 Å². The van der Waals surface area contributed by atoms with Gasteiger partial charge in [-0.1, -0.05) is 24.6 Å². The average Bonchev–Trinajstić information content (AvgIpc) is 2.57. The summed E-state index contributed by atoms with van der Waals surface area (Å²) in [5.41, 5.74) is 1.18. The number of halogens is 3. The van der Waals surface area contributed by atoms with E-state index in [2.05, 4.69) is 0 Å². The summed E-state index contributed by atoms with van der Waals surface area (Å²) >= 11 is 0. The minimum absolute atomic E-state index is 0.0127. The van der Waals surface area contributed by atoms with Crippen molar-refractivity contribution >= 4 is 11.9 Å². The Bertz CT molecular complexity index is 682. The Labute approximate surface area is 151 Å². The summed E-state index contributed by atoms with van der Waals surface area (Å²) in [7, 11) is 1.70. The summed E-state index contributed by atoms with van der Waals surface area (Å²) in [6.45, 7) is 3.62. The minimum atomic E-state index is -4.45. The Balaban J connectivity index is 2.04. The lowest BCUT2D eigenvalue weighted by Crippen LogP contribution is -2.50. The van der Waals surface area contributed by atoms with Crippen LogP contribution in [0.15, 0.2) is 23.4 Å². The van der Waals surface area contributed by atoms with Crippen LogP contribution in [-0.2, 0) is 14.3 Å². The van der Waals surface area contributed by atoms with Gasteiger partial charge in [-0.15, -0.1) is 0 Å². The quantitative estimate of drug-likeness (QED) is 0.547. The Hall–Kier alpha value is -1.79. The van der Waals surface area contributed by atoms with Crippen LogP contribution in [0.1, 0.15) is 39.5 Å². The van der Waals surface area contributed by atoms with Crippen LogP contribution in [0.3, 0.4) is 0 Å². The number of rotatable bonds is 2. The van der Waals surface area contributed by atoms with E-state index in [0.29, 0.717) is 19.3 Å². The normalized spacial score (nSPS) is 34.5. The van der Waals surface area contributed by atoms with Crippen LogP contribution in [-0.4, -0.2) is 36.6 Å². The van der Waals surface area contributed by atoms with E-state index in [-0.39, 0.29) is 18.9 Å². The first kappa shape index (κ1) is 19.0. The van der Waals surface area contributed by atoms with E-state index >= 15 is 0 Å². The summed E-state index contributed by atoms with van der Waals surface area (Å²) in [6, 6.07) is 0. The first-order valence-electron chi connectivity index (χ1n) is 9.02. The van der Waals surface area contributed by atoms with Gasteiger partial charge in [0.05, 0.1) is 18.4 Å². The van der Waals surface area contributed by atoms with Gasteiger partial charge in [0.1, 0.15) is 0 Å². The van der Waals surface area contributed by atoms with Crippen LogP contribution in [0.25, 0.3) is 0 Å². The molecule has 1 saturated heterocycles. The van der Waals surface area contributed by atoms with Gasteiger partial charge in [-0.3, -0.25) is 9.59 Å². The SMILES string of the molecule is CCOC(=O)C1C2CC=C3N(C)C(=O)CCC3(C)C2=CCC1C(F)(F)F. The molecule has 7 heteroatoms. The number of allylic oxidation sites excluding steroid dienone is 3. The molecule has 0 N–H and O–H groups in total. The number of ether oxygens (including phenoxy) is 1. The third-order valence-corrected chi connectivity index (χ3v) is 6.18. The second-order valence-corrected chi connectivity index (χ2v) is 7.54. The first-order valence-corrected chi connectivity index (χ1v) is 9.02. The number of carbonyl (C=O) groups excluding carboxylic acids is 2. The number of hydrogen-bond donors (Lipinski definition) is 0. The monoisotopic (exact) mass is 371 g/mol. The lowest BCUT2D eigenvalue weighted by Gasteiger charge is -2.51. The number of likely N-dealkylation sites (tertiary alicyclic amines) is 1. The highest BCUT2D eigenvalue weighted by Crippen LogP contribution is 2.57. The predicted molar refractivity (Wildman–Crippen MR) is 88.7 cm³/mol. The second kappa shape index (κ2) is 6.43. The second-order valence-electron chi connectivity index (χ2n) is 7.54. The van der Waals surface area contributed by atoms with Crippen LogP contribution in [0.4, 0.5) is 13.2 Å². The number of alkyl halides is 3. The molecule has 3 rings (SSSR count). The summed E-state index contributed by atoms with van der Waals surface area (Å²) in [5, 5.41) is 0. The predicted octanol–water partition coefficient (Wildman–Crippen LogP) is 3.84. The van der Waals surface area contributed by atoms with Gasteiger partial charge in [0.15, 0.2) is 0 Å². The highest BCUT2D eigenvalue weighted by atomic mass is 19.4. The van der Waals surface area contributed by atoms with Crippen molar-refractivity contribution < 1.29 is 27.5 Å². The van der Waals surface area contributed by atoms with E-state index in [1.165, 1.54) is 0 Å². The van der Waals surface area contributed by atoms with Crippen molar-refractivity contribution in [2.45, 2.75) is 45.7 Å². The van der Waals surface area contributed by atoms with E-state index in [4.69, 9.17) is 4.74 Å². The van der Waals surface area contributed by atoms with Crippen molar-refractivity contribution in [2.24, 2.45) is 23.2 Å². The Morgan fingerprint density at radius 2 is 2.04 bits per heavy atom. The third-order valence-electron chi connectivity index (χ3n) is 6.18. The molecule has 0 spiro atoms. The molecule has 0 aromatic heterocycles. The van der Waals surface area contributed by atoms with Gasteiger partial charge in [-0.2, -0.15) is 13.2 Å². The Morgan fingerprint density at radius 1 is 1.35 bits per heavy atom. The van der Waals surface area contributed by atoms with Crippen molar-refractivity contribution in [3.8, 4) is 0 Å². The molecule has 0 bridgehead atoms. The summed E-state index contributed by atoms with van der Waals surface area (Å²) in [4.78, 5) is 26.1. The molecular formula is C19H24F3NO3. The van der Waals surface area contributed by atoms with Gasteiger partial charge in [0, 0.05) is 24.6 Å². The summed E-state index contributed by atoms with van der Waals surface area (Å²) in [6.07, 6.45) is 0.0322. The summed E-state index contributed by atoms with van der Waals surface area (Å²) in [5.74, 6) is -4.25. The molecule has 1 heterocycles. The van der Waals surface area contributed by atoms with E-state index in [0.717, 1.165) is 11.3 Å². The zero-order valence-corrected chi connectivity index (χ0v) is 15.2. The maximum atomic E-state index is 13.6. The first-order chi connectivity index (χ1) is 12.1. The molecule has 4 nitrogen and oxygen atoms in total. The van der Waals surface area contributed by atoms with Crippen molar-refractivity contribution in [3.63, 3.8) is 0 Å². The van der Waals surface area contributed by atoms with Gasteiger partial charge in [-0.25, -0.2) is 0 Å². The number of amides is 1. The van der Waals surface area contributed by atoms with Crippen molar-refractivity contribution in [3.05, 3.63) is 23.4 Å². The summed E-state index contributed by atoms with van der Waals surface area (Å²) < 4.78 is 45.8. The van der Waals surface area contributed by atoms with Crippen LogP contribution >= 0.6 is 0 Å². The van der Waals surface area contributed by atoms with E-state index < -0.39 is 35.3 Å². The molecule has 0 radical (unpaired) electrons. The number of hydrogen-bond acceptors (Lipinski definition) is 3. The standard InChI is InChI=1S/C19H24F3NO3/c1-4-26-17(25)16-11-5-8-14-18(2,10-9-15(24)23(14)3)12(11)6-7-13(16)19(20,21)22/h6,8,11,13,16H,4-5,7,9-10H2,1-3H3. The van der Waals surface area contributed by atoms with Crippen molar-refractivity contribution in [1.29, 1.82) is 0 Å². The Morgan fingerprint density at radius 3 is 2.65 bits per heavy atom. The molecule has 1 fully saturated rings. The smallest absolute Gasteiger partial charge is 0.392 e. The van der Waals surface area contributed by atoms with Crippen LogP contribution < -0.4 is 0 Å². The van der Waals surface area contributed by atoms with Crippen molar-refractivity contribution in [2.75, 3.05) is 13.7 Å². The van der Waals surface area contributed by atoms with Gasteiger partial charge >= 0.3 is 12.1 Å². The number of carbonyl (C=O) groups is 2. The lowest BCUT2D eigenvalue weighted by molar-refractivity contribution is -0.204. The van der Waals surface area contributed by atoms with Gasteiger partial charge in [0.25, 0.3) is 0 Å². The average molecular weight is 371 g/mol. The molecule has 26 heavy (non-hydrogen) atoms. The fourth-order valence-electron chi connectivity index (χ4n) is 4.89. The molecule has 0 aromatic rings. The number of esters is 1. The number of nitrogens with zero attached hydrogens (tertiary/aromatic N) is 1. The third kappa shape index (κ3) is 2.85. The van der Waals surface area contributed by atoms with Crippen LogP contribution in [0.5, 0.6) is 0 Å². The molecule has 1 amide bonds. The van der Waals surface area contributed by atoms with Gasteiger partial charge < -0.3 is 9.64 Å². The largest absolute Gasteiger partial charge is 0.466 e. The molecule has 0 saturated carbocycles. The van der Waals surface area contributed by atoms with E-state index in [1.807, 2.05) is 13.0 Å². The highest BCUT2D eigenvalue weighted by Gasteiger charge is 2.57. The zero-order chi connectivity index (χ0) is 19.3. The molecule has 0 aromatic carbocycles. The van der Waals surface area contributed by atoms with E-state index in [9.17, 15) is 22.8 Å². The van der Waals surface area contributed by atoms with E-state index in [1.54, 1.807) is 24.9 Å². The van der Waals surface area contributed by atoms with Crippen LogP contribution in [0.2, 0.25) is 0 Å². The Kier molecular flexibility index (Phi) is 4.69. The maximum absolute atomic E-state index is 13.6. The number of piperidine rings is 1. The lowest BCUT2D eigenvalue weighted by atomic mass is 9.57. The topological polar surface area (TPSA) is 46.6 Å². The fraction of sp³-hybridized carbons (Fsp3) is 0.684. The minimum Gasteiger partial charge on any atom is -0.466 e. The van der Waals surface area contributed by atoms with Crippen molar-refractivity contribution in [1.82, 2.24) is 4.90 Å². The molecule has 144 valence electrons. The fourth-order valence-corrected chi connectivity index (χ4v) is 4.89. The molecule has 2 aliphatic carbocycles. The molecule has 1 aliphatic heterocycles.